The minimum atomic E-state index is -1.60. The fraction of sp³-hybridized carbons (Fsp3) is 0.913. The van der Waals surface area contributed by atoms with Gasteiger partial charge in [-0.1, -0.05) is 136 Å². The monoisotopic (exact) mass is 903 g/mol. The van der Waals surface area contributed by atoms with Crippen molar-refractivity contribution in [3.05, 3.63) is 0 Å². The Kier molecular flexibility index (Phi) is 30.5. The molecule has 17 heteroatoms. The maximum Gasteiger partial charge on any atom is 0.243 e. The van der Waals surface area contributed by atoms with Gasteiger partial charge in [-0.25, -0.2) is 0 Å². The molecule has 9 N–H and O–H groups in total. The van der Waals surface area contributed by atoms with Gasteiger partial charge in [0.05, 0.1) is 25.2 Å². The van der Waals surface area contributed by atoms with E-state index in [9.17, 15) is 44.7 Å². The smallest absolute Gasteiger partial charge is 0.243 e. The van der Waals surface area contributed by atoms with E-state index in [0.717, 1.165) is 44.9 Å². The summed E-state index contributed by atoms with van der Waals surface area (Å²) in [4.78, 5) is 52.2. The molecule has 0 aromatic rings. The van der Waals surface area contributed by atoms with E-state index in [1.54, 1.807) is 6.92 Å². The summed E-state index contributed by atoms with van der Waals surface area (Å²) < 4.78 is 22.1. The molecule has 0 saturated carbocycles. The Bertz CT molecular complexity index is 1250. The zero-order valence-electron chi connectivity index (χ0n) is 38.9. The number of carbonyl (C=O) groups is 4. The van der Waals surface area contributed by atoms with E-state index in [2.05, 4.69) is 35.1 Å². The maximum absolute atomic E-state index is 13.3. The average molecular weight is 903 g/mol. The van der Waals surface area contributed by atoms with Crippen LogP contribution in [-0.4, -0.2) is 144 Å². The molecule has 2 fully saturated rings. The van der Waals surface area contributed by atoms with Crippen LogP contribution in [0.25, 0.3) is 0 Å². The summed E-state index contributed by atoms with van der Waals surface area (Å²) in [7, 11) is 1.25. The van der Waals surface area contributed by atoms with Crippen molar-refractivity contribution in [1.29, 1.82) is 0 Å². The third-order valence-corrected chi connectivity index (χ3v) is 12.2. The van der Waals surface area contributed by atoms with Crippen LogP contribution in [0.1, 0.15) is 168 Å². The number of aliphatic hydroxyl groups is 5. The molecule has 368 valence electrons. The highest BCUT2D eigenvalue weighted by molar-refractivity contribution is 5.92. The minimum absolute atomic E-state index is 0.143. The summed E-state index contributed by atoms with van der Waals surface area (Å²) in [6.45, 7) is 6.18. The van der Waals surface area contributed by atoms with E-state index >= 15 is 0 Å². The number of rotatable bonds is 35. The van der Waals surface area contributed by atoms with Gasteiger partial charge in [0.25, 0.3) is 0 Å². The molecular formula is C46H86N4O13. The molecule has 11 atom stereocenters. The maximum atomic E-state index is 13.3. The summed E-state index contributed by atoms with van der Waals surface area (Å²) >= 11 is 0. The Morgan fingerprint density at radius 1 is 0.571 bits per heavy atom. The van der Waals surface area contributed by atoms with Crippen molar-refractivity contribution < 1.29 is 63.7 Å². The largest absolute Gasteiger partial charge is 0.394 e. The first kappa shape index (κ1) is 56.6. The molecule has 63 heavy (non-hydrogen) atoms. The highest BCUT2D eigenvalue weighted by atomic mass is 16.7. The number of hydrogen-bond donors (Lipinski definition) is 9. The van der Waals surface area contributed by atoms with Gasteiger partial charge >= 0.3 is 0 Å². The fourth-order valence-electron chi connectivity index (χ4n) is 8.04. The van der Waals surface area contributed by atoms with E-state index in [0.29, 0.717) is 13.1 Å². The van der Waals surface area contributed by atoms with Gasteiger partial charge in [-0.15, -0.1) is 0 Å². The standard InChI is InChI=1S/C46H86N4O13/c1-5-7-9-11-13-15-17-19-21-23-27-47-38(54)29-33(44(59)48-28-24-22-20-18-16-14-12-10-8-6-2)50-37(53)26-25-36(52)49-30-34-32(3)39(55)41(57)46(61-34)63-43-35(31-51)62-45(60-4)42(58)40(43)56/h32-35,39-43,45-46,51,55-58H,5-31H2,1-4H3,(H,47,54)(H,48,59)(H,49,52)(H,50,53)/t32-,33+,34?,35?,39+,40-,41?,42?,43-,45+,46-/m1/s1. The van der Waals surface area contributed by atoms with Crippen LogP contribution in [-0.2, 0) is 38.1 Å². The Morgan fingerprint density at radius 3 is 1.57 bits per heavy atom. The zero-order valence-corrected chi connectivity index (χ0v) is 38.9. The molecule has 0 aromatic heterocycles. The number of ether oxygens (including phenoxy) is 4. The normalized spacial score (nSPS) is 26.5. The summed E-state index contributed by atoms with van der Waals surface area (Å²) in [5.41, 5.74) is 0. The van der Waals surface area contributed by atoms with Gasteiger partial charge < -0.3 is 65.7 Å². The summed E-state index contributed by atoms with van der Waals surface area (Å²) in [6, 6.07) is -1.11. The lowest BCUT2D eigenvalue weighted by Crippen LogP contribution is -2.63. The van der Waals surface area contributed by atoms with Crippen molar-refractivity contribution in [2.75, 3.05) is 33.4 Å². The van der Waals surface area contributed by atoms with Crippen molar-refractivity contribution in [2.45, 2.75) is 230 Å². The first-order valence-corrected chi connectivity index (χ1v) is 24.3. The number of unbranched alkanes of at least 4 members (excludes halogenated alkanes) is 18. The van der Waals surface area contributed by atoms with Crippen molar-refractivity contribution in [3.63, 3.8) is 0 Å². The molecule has 0 aliphatic carbocycles. The molecule has 0 aromatic carbocycles. The highest BCUT2D eigenvalue weighted by Gasteiger charge is 2.50. The second-order valence-electron chi connectivity index (χ2n) is 17.6. The van der Waals surface area contributed by atoms with Crippen LogP contribution < -0.4 is 21.3 Å². The lowest BCUT2D eigenvalue weighted by Gasteiger charge is -2.46. The Morgan fingerprint density at radius 2 is 1.05 bits per heavy atom. The molecule has 2 heterocycles. The van der Waals surface area contributed by atoms with Gasteiger partial charge in [-0.05, 0) is 12.8 Å². The van der Waals surface area contributed by atoms with Crippen LogP contribution in [0.4, 0.5) is 0 Å². The van der Waals surface area contributed by atoms with Crippen molar-refractivity contribution in [2.24, 2.45) is 5.92 Å². The number of nitrogens with one attached hydrogen (secondary N) is 4. The average Bonchev–Trinajstić information content (AvgIpc) is 3.27. The van der Waals surface area contributed by atoms with E-state index in [4.69, 9.17) is 18.9 Å². The van der Waals surface area contributed by atoms with Gasteiger partial charge in [0.2, 0.25) is 23.6 Å². The van der Waals surface area contributed by atoms with Crippen LogP contribution in [0.5, 0.6) is 0 Å². The van der Waals surface area contributed by atoms with Crippen LogP contribution >= 0.6 is 0 Å². The molecule has 4 amide bonds. The van der Waals surface area contributed by atoms with Gasteiger partial charge in [-0.3, -0.25) is 19.2 Å². The number of carbonyl (C=O) groups excluding carboxylic acids is 4. The van der Waals surface area contributed by atoms with Gasteiger partial charge in [0.1, 0.15) is 36.6 Å². The van der Waals surface area contributed by atoms with Crippen LogP contribution in [0, 0.1) is 5.92 Å². The molecule has 4 unspecified atom stereocenters. The molecule has 2 saturated heterocycles. The summed E-state index contributed by atoms with van der Waals surface area (Å²) in [6.07, 6.45) is 10.2. The summed E-state index contributed by atoms with van der Waals surface area (Å²) in [5.74, 6) is -2.59. The van der Waals surface area contributed by atoms with E-state index in [1.165, 1.54) is 90.6 Å². The lowest BCUT2D eigenvalue weighted by atomic mass is 9.90. The quantitative estimate of drug-likeness (QED) is 0.0414. The van der Waals surface area contributed by atoms with Crippen molar-refractivity contribution in [3.8, 4) is 0 Å². The lowest BCUT2D eigenvalue weighted by molar-refractivity contribution is -0.351. The molecular weight excluding hydrogens is 817 g/mol. The first-order valence-electron chi connectivity index (χ1n) is 24.3. The third kappa shape index (κ3) is 22.5. The predicted molar refractivity (Wildman–Crippen MR) is 238 cm³/mol. The number of hydrogen-bond acceptors (Lipinski definition) is 13. The van der Waals surface area contributed by atoms with E-state index < -0.39 is 91.6 Å². The Balaban J connectivity index is 1.86. The molecule has 2 aliphatic heterocycles. The second kappa shape index (κ2) is 33.9. The van der Waals surface area contributed by atoms with Gasteiger partial charge in [-0.2, -0.15) is 0 Å². The summed E-state index contributed by atoms with van der Waals surface area (Å²) in [5, 5.41) is 63.5. The van der Waals surface area contributed by atoms with Crippen molar-refractivity contribution >= 4 is 23.6 Å². The number of aliphatic hydroxyl groups excluding tert-OH is 5. The molecule has 2 rings (SSSR count). The number of methoxy groups -OCH3 is 1. The fourth-order valence-corrected chi connectivity index (χ4v) is 8.04. The third-order valence-electron chi connectivity index (χ3n) is 12.2. The van der Waals surface area contributed by atoms with E-state index in [1.807, 2.05) is 0 Å². The second-order valence-corrected chi connectivity index (χ2v) is 17.6. The minimum Gasteiger partial charge on any atom is -0.394 e. The zero-order chi connectivity index (χ0) is 46.4. The Labute approximate surface area is 376 Å². The van der Waals surface area contributed by atoms with Crippen LogP contribution in [0.2, 0.25) is 0 Å². The molecule has 2 aliphatic rings. The SMILES string of the molecule is CCCCCCCCCCCCNC(=O)C[C@H](NC(=O)CCC(=O)NCC1O[C@H](O[C@@H]2C(CO)O[C@H](OC)C(O)[C@H]2O)C(O)[C@@H](O)[C@@H]1C)C(=O)NCCCCCCCCCCCC. The first-order chi connectivity index (χ1) is 30.4. The molecule has 17 nitrogen and oxygen atoms in total. The van der Waals surface area contributed by atoms with Crippen LogP contribution in [0.15, 0.2) is 0 Å². The molecule has 0 spiro atoms. The molecule has 0 radical (unpaired) electrons. The topological polar surface area (TPSA) is 254 Å². The number of amides is 4. The van der Waals surface area contributed by atoms with Crippen molar-refractivity contribution in [1.82, 2.24) is 21.3 Å². The highest BCUT2D eigenvalue weighted by Crippen LogP contribution is 2.31. The van der Waals surface area contributed by atoms with Gasteiger partial charge in [0, 0.05) is 45.5 Å². The Hall–Kier alpha value is -2.48. The molecule has 0 bridgehead atoms. The van der Waals surface area contributed by atoms with Crippen LogP contribution in [0.3, 0.4) is 0 Å². The van der Waals surface area contributed by atoms with Gasteiger partial charge in [0.15, 0.2) is 12.6 Å². The predicted octanol–water partition coefficient (Wildman–Crippen LogP) is 3.39. The van der Waals surface area contributed by atoms with E-state index in [-0.39, 0.29) is 31.7 Å².